The van der Waals surface area contributed by atoms with Crippen LogP contribution in [0, 0.1) is 0 Å². The van der Waals surface area contributed by atoms with Crippen LogP contribution in [0.1, 0.15) is 37.9 Å². The molecule has 0 aromatic heterocycles. The van der Waals surface area contributed by atoms with E-state index in [2.05, 4.69) is 63.0 Å². The molecule has 0 radical (unpaired) electrons. The number of benzene rings is 2. The molecule has 0 amide bonds. The van der Waals surface area contributed by atoms with Crippen LogP contribution in [0.3, 0.4) is 0 Å². The quantitative estimate of drug-likeness (QED) is 0.697. The van der Waals surface area contributed by atoms with Gasteiger partial charge in [0.1, 0.15) is 0 Å². The summed E-state index contributed by atoms with van der Waals surface area (Å²) in [6.45, 7) is 11.9. The summed E-state index contributed by atoms with van der Waals surface area (Å²) in [6, 6.07) is 20.3. The lowest BCUT2D eigenvalue weighted by atomic mass is 9.96. The van der Waals surface area contributed by atoms with Gasteiger partial charge in [-0.3, -0.25) is 4.90 Å². The van der Waals surface area contributed by atoms with Crippen molar-refractivity contribution in [3.63, 3.8) is 0 Å². The molecule has 158 valence electrons. The van der Waals surface area contributed by atoms with Gasteiger partial charge in [0.25, 0.3) is 0 Å². The Morgan fingerprint density at radius 3 is 1.90 bits per heavy atom. The van der Waals surface area contributed by atoms with E-state index >= 15 is 0 Å². The van der Waals surface area contributed by atoms with Gasteiger partial charge in [0.15, 0.2) is 8.32 Å². The average molecular weight is 414 g/mol. The van der Waals surface area contributed by atoms with Crippen molar-refractivity contribution in [3.05, 3.63) is 71.8 Å². The first kappa shape index (κ1) is 22.2. The second-order valence-corrected chi connectivity index (χ2v) is 14.4. The second-order valence-electron chi connectivity index (χ2n) is 9.62. The monoisotopic (exact) mass is 413 g/mol. The summed E-state index contributed by atoms with van der Waals surface area (Å²) in [5, 5.41) is 21.4. The molecule has 0 aliphatic carbocycles. The van der Waals surface area contributed by atoms with E-state index in [1.54, 1.807) is 0 Å². The Balaban J connectivity index is 1.93. The summed E-state index contributed by atoms with van der Waals surface area (Å²) in [5.41, 5.74) is 2.30. The summed E-state index contributed by atoms with van der Waals surface area (Å²) in [5.74, 6) is 0. The molecule has 1 heterocycles. The van der Waals surface area contributed by atoms with Gasteiger partial charge < -0.3 is 14.6 Å². The van der Waals surface area contributed by atoms with Gasteiger partial charge in [0, 0.05) is 6.54 Å². The highest BCUT2D eigenvalue weighted by Crippen LogP contribution is 2.39. The third-order valence-electron chi connectivity index (χ3n) is 6.60. The first-order chi connectivity index (χ1) is 13.6. The number of rotatable bonds is 6. The molecule has 3 rings (SSSR count). The summed E-state index contributed by atoms with van der Waals surface area (Å²) >= 11 is 0. The molecule has 29 heavy (non-hydrogen) atoms. The molecule has 2 aromatic carbocycles. The van der Waals surface area contributed by atoms with Crippen LogP contribution in [0.2, 0.25) is 18.1 Å². The van der Waals surface area contributed by atoms with Crippen molar-refractivity contribution in [2.75, 3.05) is 13.2 Å². The fraction of sp³-hybridized carbons (Fsp3) is 0.500. The summed E-state index contributed by atoms with van der Waals surface area (Å²) in [4.78, 5) is 2.22. The van der Waals surface area contributed by atoms with Gasteiger partial charge in [-0.1, -0.05) is 81.4 Å². The fourth-order valence-corrected chi connectivity index (χ4v) is 4.78. The van der Waals surface area contributed by atoms with E-state index < -0.39 is 20.5 Å². The lowest BCUT2D eigenvalue weighted by Crippen LogP contribution is -2.48. The zero-order valence-electron chi connectivity index (χ0n) is 18.2. The van der Waals surface area contributed by atoms with E-state index in [-0.39, 0.29) is 17.1 Å². The SMILES string of the molecule is CC(C)(C)[Si](C)(C)OC[C@@H]1[C@@H](O)[C@@H](O)CN1C(c1ccccc1)c1ccccc1. The molecule has 1 aliphatic rings. The topological polar surface area (TPSA) is 52.9 Å². The average Bonchev–Trinajstić information content (AvgIpc) is 2.95. The first-order valence-corrected chi connectivity index (χ1v) is 13.4. The third-order valence-corrected chi connectivity index (χ3v) is 11.1. The van der Waals surface area contributed by atoms with Crippen LogP contribution in [0.5, 0.6) is 0 Å². The van der Waals surface area contributed by atoms with Gasteiger partial charge in [0.05, 0.1) is 30.9 Å². The van der Waals surface area contributed by atoms with E-state index in [0.717, 1.165) is 11.1 Å². The van der Waals surface area contributed by atoms with Crippen molar-refractivity contribution in [1.29, 1.82) is 0 Å². The molecule has 4 nitrogen and oxygen atoms in total. The minimum atomic E-state index is -1.97. The van der Waals surface area contributed by atoms with Gasteiger partial charge in [-0.2, -0.15) is 0 Å². The van der Waals surface area contributed by atoms with Gasteiger partial charge in [0.2, 0.25) is 0 Å². The van der Waals surface area contributed by atoms with Crippen LogP contribution in [0.25, 0.3) is 0 Å². The summed E-state index contributed by atoms with van der Waals surface area (Å²) in [6.07, 6.45) is -1.60. The normalized spacial score (nSPS) is 23.7. The van der Waals surface area contributed by atoms with Crippen LogP contribution in [-0.2, 0) is 4.43 Å². The zero-order chi connectivity index (χ0) is 21.2. The number of aliphatic hydroxyl groups is 2. The van der Waals surface area contributed by atoms with E-state index in [9.17, 15) is 10.2 Å². The molecular formula is C24H35NO3Si. The maximum absolute atomic E-state index is 10.8. The maximum atomic E-state index is 10.8. The Bertz CT molecular complexity index is 736. The van der Waals surface area contributed by atoms with Crippen LogP contribution >= 0.6 is 0 Å². The zero-order valence-corrected chi connectivity index (χ0v) is 19.2. The van der Waals surface area contributed by atoms with E-state index in [0.29, 0.717) is 13.2 Å². The molecule has 2 aromatic rings. The van der Waals surface area contributed by atoms with Gasteiger partial charge in [-0.15, -0.1) is 0 Å². The van der Waals surface area contributed by atoms with E-state index in [1.807, 2.05) is 36.4 Å². The van der Waals surface area contributed by atoms with E-state index in [1.165, 1.54) is 0 Å². The van der Waals surface area contributed by atoms with Crippen molar-refractivity contribution < 1.29 is 14.6 Å². The van der Waals surface area contributed by atoms with Gasteiger partial charge >= 0.3 is 0 Å². The van der Waals surface area contributed by atoms with Crippen LogP contribution in [0.15, 0.2) is 60.7 Å². The highest BCUT2D eigenvalue weighted by molar-refractivity contribution is 6.74. The smallest absolute Gasteiger partial charge is 0.192 e. The number of hydrogen-bond acceptors (Lipinski definition) is 4. The van der Waals surface area contributed by atoms with Crippen LogP contribution < -0.4 is 0 Å². The number of likely N-dealkylation sites (tertiary alicyclic amines) is 1. The Labute approximate surface area is 176 Å². The van der Waals surface area contributed by atoms with Gasteiger partial charge in [-0.25, -0.2) is 0 Å². The molecule has 0 unspecified atom stereocenters. The van der Waals surface area contributed by atoms with Crippen molar-refractivity contribution in [2.45, 2.75) is 63.2 Å². The number of nitrogens with zero attached hydrogens (tertiary/aromatic N) is 1. The molecular weight excluding hydrogens is 378 g/mol. The highest BCUT2D eigenvalue weighted by Gasteiger charge is 2.46. The van der Waals surface area contributed by atoms with E-state index in [4.69, 9.17) is 4.43 Å². The maximum Gasteiger partial charge on any atom is 0.192 e. The van der Waals surface area contributed by atoms with Crippen molar-refractivity contribution in [1.82, 2.24) is 4.90 Å². The third kappa shape index (κ3) is 4.81. The summed E-state index contributed by atoms with van der Waals surface area (Å²) < 4.78 is 6.47. The summed E-state index contributed by atoms with van der Waals surface area (Å²) in [7, 11) is -1.97. The Morgan fingerprint density at radius 2 is 1.45 bits per heavy atom. The van der Waals surface area contributed by atoms with Crippen molar-refractivity contribution >= 4 is 8.32 Å². The van der Waals surface area contributed by atoms with Crippen LogP contribution in [-0.4, -0.2) is 54.8 Å². The molecule has 0 saturated carbocycles. The number of β-amino-alcohol motifs (C(OH)–C–C–N with tert-alkyl or cyclic N) is 1. The Morgan fingerprint density at radius 1 is 0.966 bits per heavy atom. The minimum Gasteiger partial charge on any atom is -0.415 e. The predicted octanol–water partition coefficient (Wildman–Crippen LogP) is 4.20. The number of aliphatic hydroxyl groups excluding tert-OH is 2. The number of hydrogen-bond donors (Lipinski definition) is 2. The first-order valence-electron chi connectivity index (χ1n) is 10.5. The lowest BCUT2D eigenvalue weighted by molar-refractivity contribution is 0.0207. The molecule has 1 saturated heterocycles. The van der Waals surface area contributed by atoms with Gasteiger partial charge in [-0.05, 0) is 29.3 Å². The molecule has 3 atom stereocenters. The molecule has 0 spiro atoms. The predicted molar refractivity (Wildman–Crippen MR) is 120 cm³/mol. The standard InChI is InChI=1S/C24H35NO3Si/c1-24(2,3)29(4,5)28-17-20-23(27)21(26)16-25(20)22(18-12-8-6-9-13-18)19-14-10-7-11-15-19/h6-15,20-23,26-27H,16-17H2,1-5H3/t20-,21+,23-/m1/s1. The molecule has 2 N–H and O–H groups in total. The fourth-order valence-electron chi connectivity index (χ4n) is 3.76. The van der Waals surface area contributed by atoms with Crippen molar-refractivity contribution in [3.8, 4) is 0 Å². The highest BCUT2D eigenvalue weighted by atomic mass is 28.4. The Kier molecular flexibility index (Phi) is 6.66. The molecule has 1 fully saturated rings. The Hall–Kier alpha value is -1.50. The minimum absolute atomic E-state index is 0.0442. The van der Waals surface area contributed by atoms with Crippen LogP contribution in [0.4, 0.5) is 0 Å². The molecule has 1 aliphatic heterocycles. The second kappa shape index (κ2) is 8.70. The largest absolute Gasteiger partial charge is 0.415 e. The van der Waals surface area contributed by atoms with Crippen molar-refractivity contribution in [2.24, 2.45) is 0 Å². The molecule has 5 heteroatoms. The molecule has 0 bridgehead atoms. The lowest BCUT2D eigenvalue weighted by Gasteiger charge is -2.40.